The minimum atomic E-state index is -3.07. The lowest BCUT2D eigenvalue weighted by atomic mass is 10.3. The maximum absolute atomic E-state index is 11.3. The Labute approximate surface area is 103 Å². The van der Waals surface area contributed by atoms with Crippen LogP contribution in [-0.4, -0.2) is 39.8 Å². The molecule has 1 N–H and O–H groups in total. The Morgan fingerprint density at radius 3 is 3.06 bits per heavy atom. The standard InChI is InChI=1S/C10H11N5O2S/c1-7-4-9(15-10(13-7)11-6-12-15)14-8-2-3-18(16,17)5-8/h2-4,6,8,14H,5H2,1H3. The Kier molecular flexibility index (Phi) is 2.34. The third kappa shape index (κ3) is 1.94. The van der Waals surface area contributed by atoms with E-state index in [0.29, 0.717) is 11.6 Å². The van der Waals surface area contributed by atoms with Crippen LogP contribution in [0.15, 0.2) is 23.9 Å². The summed E-state index contributed by atoms with van der Waals surface area (Å²) in [5, 5.41) is 8.40. The van der Waals surface area contributed by atoms with Crippen LogP contribution in [0, 0.1) is 6.92 Å². The normalized spacial score (nSPS) is 21.5. The maximum Gasteiger partial charge on any atom is 0.254 e. The number of nitrogens with zero attached hydrogens (tertiary/aromatic N) is 4. The predicted octanol–water partition coefficient (Wildman–Crippen LogP) is 0.155. The van der Waals surface area contributed by atoms with E-state index in [1.54, 1.807) is 16.7 Å². The van der Waals surface area contributed by atoms with E-state index in [4.69, 9.17) is 0 Å². The van der Waals surface area contributed by atoms with Crippen molar-refractivity contribution in [3.8, 4) is 0 Å². The number of anilines is 1. The van der Waals surface area contributed by atoms with E-state index in [-0.39, 0.29) is 11.8 Å². The average molecular weight is 265 g/mol. The highest BCUT2D eigenvalue weighted by molar-refractivity contribution is 7.94. The summed E-state index contributed by atoms with van der Waals surface area (Å²) in [5.41, 5.74) is 0.794. The van der Waals surface area contributed by atoms with Crippen molar-refractivity contribution in [2.45, 2.75) is 13.0 Å². The van der Waals surface area contributed by atoms with Gasteiger partial charge in [-0.2, -0.15) is 14.6 Å². The molecule has 0 radical (unpaired) electrons. The molecule has 1 unspecified atom stereocenters. The molecule has 0 bridgehead atoms. The van der Waals surface area contributed by atoms with Gasteiger partial charge in [0, 0.05) is 17.2 Å². The van der Waals surface area contributed by atoms with E-state index in [0.717, 1.165) is 5.69 Å². The van der Waals surface area contributed by atoms with Crippen molar-refractivity contribution in [2.75, 3.05) is 11.1 Å². The lowest BCUT2D eigenvalue weighted by Crippen LogP contribution is -2.22. The maximum atomic E-state index is 11.3. The zero-order chi connectivity index (χ0) is 12.8. The first-order valence-corrected chi connectivity index (χ1v) is 7.10. The van der Waals surface area contributed by atoms with Gasteiger partial charge in [0.2, 0.25) is 0 Å². The summed E-state index contributed by atoms with van der Waals surface area (Å²) < 4.78 is 24.2. The van der Waals surface area contributed by atoms with Crippen LogP contribution in [0.1, 0.15) is 5.69 Å². The van der Waals surface area contributed by atoms with Crippen LogP contribution in [0.4, 0.5) is 5.82 Å². The molecule has 94 valence electrons. The zero-order valence-electron chi connectivity index (χ0n) is 9.61. The van der Waals surface area contributed by atoms with Crippen molar-refractivity contribution >= 4 is 21.4 Å². The number of aromatic nitrogens is 4. The second-order valence-electron chi connectivity index (χ2n) is 4.16. The fourth-order valence-corrected chi connectivity index (χ4v) is 3.12. The summed E-state index contributed by atoms with van der Waals surface area (Å²) in [5.74, 6) is 1.23. The summed E-state index contributed by atoms with van der Waals surface area (Å²) in [6.45, 7) is 1.85. The van der Waals surface area contributed by atoms with Gasteiger partial charge in [0.05, 0.1) is 11.8 Å². The van der Waals surface area contributed by atoms with Crippen molar-refractivity contribution in [1.29, 1.82) is 0 Å². The number of hydrogen-bond donors (Lipinski definition) is 1. The van der Waals surface area contributed by atoms with Crippen molar-refractivity contribution < 1.29 is 8.42 Å². The van der Waals surface area contributed by atoms with Crippen LogP contribution in [0.25, 0.3) is 5.78 Å². The van der Waals surface area contributed by atoms with Gasteiger partial charge < -0.3 is 5.32 Å². The highest BCUT2D eigenvalue weighted by atomic mass is 32.2. The monoisotopic (exact) mass is 265 g/mol. The molecule has 0 aliphatic carbocycles. The van der Waals surface area contributed by atoms with Gasteiger partial charge in [-0.05, 0) is 13.0 Å². The molecule has 0 amide bonds. The predicted molar refractivity (Wildman–Crippen MR) is 65.9 cm³/mol. The zero-order valence-corrected chi connectivity index (χ0v) is 10.4. The minimum absolute atomic E-state index is 0.0601. The van der Waals surface area contributed by atoms with Gasteiger partial charge in [-0.3, -0.25) is 0 Å². The van der Waals surface area contributed by atoms with Gasteiger partial charge in [0.25, 0.3) is 5.78 Å². The Hall–Kier alpha value is -1.96. The van der Waals surface area contributed by atoms with E-state index in [1.807, 2.05) is 6.92 Å². The largest absolute Gasteiger partial charge is 0.363 e. The minimum Gasteiger partial charge on any atom is -0.363 e. The van der Waals surface area contributed by atoms with Gasteiger partial charge in [0.1, 0.15) is 12.1 Å². The molecule has 0 saturated carbocycles. The Morgan fingerprint density at radius 2 is 2.33 bits per heavy atom. The van der Waals surface area contributed by atoms with Crippen molar-refractivity contribution in [2.24, 2.45) is 0 Å². The van der Waals surface area contributed by atoms with Crippen molar-refractivity contribution in [3.63, 3.8) is 0 Å². The molecule has 3 heterocycles. The van der Waals surface area contributed by atoms with E-state index in [2.05, 4.69) is 20.4 Å². The summed E-state index contributed by atoms with van der Waals surface area (Å²) >= 11 is 0. The van der Waals surface area contributed by atoms with Gasteiger partial charge in [-0.1, -0.05) is 0 Å². The molecule has 2 aromatic heterocycles. The first-order chi connectivity index (χ1) is 8.53. The highest BCUT2D eigenvalue weighted by Crippen LogP contribution is 2.16. The average Bonchev–Trinajstić information content (AvgIpc) is 2.84. The first-order valence-electron chi connectivity index (χ1n) is 5.38. The molecule has 1 aliphatic rings. The summed E-state index contributed by atoms with van der Waals surface area (Å²) in [6, 6.07) is 1.56. The molecule has 18 heavy (non-hydrogen) atoms. The molecule has 8 heteroatoms. The lowest BCUT2D eigenvalue weighted by molar-refractivity contribution is 0.605. The van der Waals surface area contributed by atoms with Gasteiger partial charge in [-0.25, -0.2) is 13.4 Å². The molecular formula is C10H11N5O2S. The van der Waals surface area contributed by atoms with E-state index >= 15 is 0 Å². The Bertz CT molecular complexity index is 734. The first kappa shape index (κ1) is 11.1. The van der Waals surface area contributed by atoms with Crippen LogP contribution in [0.2, 0.25) is 0 Å². The summed E-state index contributed by atoms with van der Waals surface area (Å²) in [4.78, 5) is 8.22. The van der Waals surface area contributed by atoms with Gasteiger partial charge in [-0.15, -0.1) is 0 Å². The molecule has 1 aliphatic heterocycles. The van der Waals surface area contributed by atoms with E-state index in [1.165, 1.54) is 11.7 Å². The fourth-order valence-electron chi connectivity index (χ4n) is 1.89. The van der Waals surface area contributed by atoms with E-state index in [9.17, 15) is 8.42 Å². The van der Waals surface area contributed by atoms with Crippen LogP contribution < -0.4 is 5.32 Å². The Balaban J connectivity index is 1.96. The van der Waals surface area contributed by atoms with Crippen LogP contribution in [0.3, 0.4) is 0 Å². The summed E-state index contributed by atoms with van der Waals surface area (Å²) in [7, 11) is -3.07. The number of hydrogen-bond acceptors (Lipinski definition) is 6. The topological polar surface area (TPSA) is 89.2 Å². The molecule has 7 nitrogen and oxygen atoms in total. The fraction of sp³-hybridized carbons (Fsp3) is 0.300. The molecule has 2 aromatic rings. The second kappa shape index (κ2) is 3.77. The number of aryl methyl sites for hydroxylation is 1. The number of rotatable bonds is 2. The van der Waals surface area contributed by atoms with Gasteiger partial charge in [0.15, 0.2) is 9.84 Å². The summed E-state index contributed by atoms with van der Waals surface area (Å²) in [6.07, 6.45) is 3.04. The van der Waals surface area contributed by atoms with Crippen LogP contribution >= 0.6 is 0 Å². The quantitative estimate of drug-likeness (QED) is 0.831. The molecule has 1 atom stereocenters. The van der Waals surface area contributed by atoms with Crippen LogP contribution in [0.5, 0.6) is 0 Å². The molecule has 0 fully saturated rings. The number of sulfone groups is 1. The van der Waals surface area contributed by atoms with Crippen molar-refractivity contribution in [1.82, 2.24) is 19.6 Å². The third-order valence-electron chi connectivity index (χ3n) is 2.64. The lowest BCUT2D eigenvalue weighted by Gasteiger charge is -2.12. The molecule has 3 rings (SSSR count). The van der Waals surface area contributed by atoms with Crippen LogP contribution in [-0.2, 0) is 9.84 Å². The molecule has 0 aromatic carbocycles. The molecule has 0 saturated heterocycles. The third-order valence-corrected chi connectivity index (χ3v) is 4.04. The second-order valence-corrected chi connectivity index (χ2v) is 6.09. The van der Waals surface area contributed by atoms with Gasteiger partial charge >= 0.3 is 0 Å². The molecular weight excluding hydrogens is 254 g/mol. The SMILES string of the molecule is Cc1cc(NC2C=CS(=O)(=O)C2)n2ncnc2n1. The van der Waals surface area contributed by atoms with E-state index < -0.39 is 9.84 Å². The Morgan fingerprint density at radius 1 is 1.50 bits per heavy atom. The smallest absolute Gasteiger partial charge is 0.254 e. The number of fused-ring (bicyclic) bond motifs is 1. The van der Waals surface area contributed by atoms with Crippen molar-refractivity contribution in [3.05, 3.63) is 29.6 Å². The number of nitrogens with one attached hydrogen (secondary N) is 1. The highest BCUT2D eigenvalue weighted by Gasteiger charge is 2.22. The molecule has 0 spiro atoms.